The predicted octanol–water partition coefficient (Wildman–Crippen LogP) is 2.85. The molecule has 1 aromatic carbocycles. The first kappa shape index (κ1) is 14.9. The Bertz CT molecular complexity index is 449. The van der Waals surface area contributed by atoms with Gasteiger partial charge in [-0.05, 0) is 38.5 Å². The number of carbonyl (C=O) groups excluding carboxylic acids is 1. The lowest BCUT2D eigenvalue weighted by Gasteiger charge is -2.19. The van der Waals surface area contributed by atoms with Gasteiger partial charge in [0.25, 0.3) is 0 Å². The van der Waals surface area contributed by atoms with Crippen LogP contribution in [0.3, 0.4) is 0 Å². The van der Waals surface area contributed by atoms with Gasteiger partial charge in [-0.15, -0.1) is 0 Å². The van der Waals surface area contributed by atoms with Crippen molar-refractivity contribution in [3.8, 4) is 0 Å². The lowest BCUT2D eigenvalue weighted by Crippen LogP contribution is -2.27. The van der Waals surface area contributed by atoms with E-state index in [1.165, 1.54) is 0 Å². The summed E-state index contributed by atoms with van der Waals surface area (Å²) in [6, 6.07) is 6.88. The van der Waals surface area contributed by atoms with Crippen molar-refractivity contribution in [2.75, 3.05) is 11.9 Å². The van der Waals surface area contributed by atoms with Crippen molar-refractivity contribution in [3.05, 3.63) is 39.9 Å². The third-order valence-electron chi connectivity index (χ3n) is 2.18. The molecule has 0 spiro atoms. The van der Waals surface area contributed by atoms with Crippen molar-refractivity contribution in [2.24, 2.45) is 0 Å². The first-order valence-electron chi connectivity index (χ1n) is 5.97. The molecule has 0 bridgehead atoms. The maximum atomic E-state index is 11.5. The SMILES string of the molecule is CC(C)(C)OC(=O)Nc1ccc(CC[N+](=O)[O-])cc1. The van der Waals surface area contributed by atoms with Gasteiger partial charge in [0.2, 0.25) is 6.54 Å². The zero-order chi connectivity index (χ0) is 14.5. The van der Waals surface area contributed by atoms with Crippen LogP contribution in [-0.4, -0.2) is 23.2 Å². The molecule has 1 amide bonds. The first-order valence-corrected chi connectivity index (χ1v) is 5.97. The van der Waals surface area contributed by atoms with Crippen LogP contribution in [0.25, 0.3) is 0 Å². The molecule has 6 heteroatoms. The molecule has 0 atom stereocenters. The second-order valence-electron chi connectivity index (χ2n) is 5.13. The molecule has 104 valence electrons. The number of ether oxygens (including phenoxy) is 1. The van der Waals surface area contributed by atoms with Gasteiger partial charge in [-0.1, -0.05) is 12.1 Å². The molecular formula is C13H18N2O4. The van der Waals surface area contributed by atoms with Crippen LogP contribution in [0.4, 0.5) is 10.5 Å². The van der Waals surface area contributed by atoms with E-state index in [2.05, 4.69) is 5.32 Å². The molecule has 0 aromatic heterocycles. The number of hydrogen-bond donors (Lipinski definition) is 1. The Morgan fingerprint density at radius 3 is 2.37 bits per heavy atom. The Labute approximate surface area is 111 Å². The number of hydrogen-bond acceptors (Lipinski definition) is 4. The number of carbonyl (C=O) groups is 1. The van der Waals surface area contributed by atoms with Crippen LogP contribution in [0, 0.1) is 10.1 Å². The number of nitro groups is 1. The van der Waals surface area contributed by atoms with Gasteiger partial charge in [-0.3, -0.25) is 15.4 Å². The quantitative estimate of drug-likeness (QED) is 0.671. The Kier molecular flexibility index (Phi) is 4.86. The number of amides is 1. The number of benzene rings is 1. The van der Waals surface area contributed by atoms with E-state index in [4.69, 9.17) is 4.74 Å². The number of rotatable bonds is 4. The molecule has 0 aliphatic rings. The molecule has 6 nitrogen and oxygen atoms in total. The molecule has 0 aliphatic carbocycles. The minimum atomic E-state index is -0.546. The van der Waals surface area contributed by atoms with Crippen LogP contribution in [0.5, 0.6) is 0 Å². The molecule has 0 radical (unpaired) electrons. The Morgan fingerprint density at radius 1 is 1.32 bits per heavy atom. The lowest BCUT2D eigenvalue weighted by molar-refractivity contribution is -0.479. The molecule has 1 N–H and O–H groups in total. The Hall–Kier alpha value is -2.11. The van der Waals surface area contributed by atoms with E-state index in [9.17, 15) is 14.9 Å². The van der Waals surface area contributed by atoms with Crippen LogP contribution in [-0.2, 0) is 11.2 Å². The molecule has 0 unspecified atom stereocenters. The summed E-state index contributed by atoms with van der Waals surface area (Å²) in [6.07, 6.45) is -0.148. The highest BCUT2D eigenvalue weighted by Crippen LogP contribution is 2.13. The summed E-state index contributed by atoms with van der Waals surface area (Å²) in [7, 11) is 0. The fourth-order valence-corrected chi connectivity index (χ4v) is 1.40. The van der Waals surface area contributed by atoms with Gasteiger partial charge in [0.05, 0.1) is 0 Å². The highest BCUT2D eigenvalue weighted by atomic mass is 16.6. The van der Waals surface area contributed by atoms with Crippen LogP contribution >= 0.6 is 0 Å². The normalized spacial score (nSPS) is 10.9. The van der Waals surface area contributed by atoms with Gasteiger partial charge in [0.1, 0.15) is 5.60 Å². The van der Waals surface area contributed by atoms with Crippen LogP contribution in [0.2, 0.25) is 0 Å². The average Bonchev–Trinajstić information content (AvgIpc) is 2.25. The molecule has 19 heavy (non-hydrogen) atoms. The summed E-state index contributed by atoms with van der Waals surface area (Å²) >= 11 is 0. The molecule has 0 saturated heterocycles. The van der Waals surface area contributed by atoms with E-state index in [1.54, 1.807) is 45.0 Å². The second-order valence-corrected chi connectivity index (χ2v) is 5.13. The standard InChI is InChI=1S/C13H18N2O4/c1-13(2,3)19-12(16)14-11-6-4-10(5-7-11)8-9-15(17)18/h4-7H,8-9H2,1-3H3,(H,14,16). The van der Waals surface area contributed by atoms with E-state index < -0.39 is 11.7 Å². The molecule has 0 heterocycles. The van der Waals surface area contributed by atoms with Crippen LogP contribution in [0.15, 0.2) is 24.3 Å². The van der Waals surface area contributed by atoms with Crippen molar-refractivity contribution >= 4 is 11.8 Å². The summed E-state index contributed by atoms with van der Waals surface area (Å²) in [4.78, 5) is 21.4. The second kappa shape index (κ2) is 6.17. The first-order chi connectivity index (χ1) is 8.76. The lowest BCUT2D eigenvalue weighted by atomic mass is 10.1. The van der Waals surface area contributed by atoms with Crippen molar-refractivity contribution in [2.45, 2.75) is 32.8 Å². The minimum absolute atomic E-state index is 0.0984. The number of anilines is 1. The fraction of sp³-hybridized carbons (Fsp3) is 0.462. The maximum absolute atomic E-state index is 11.5. The largest absolute Gasteiger partial charge is 0.444 e. The van der Waals surface area contributed by atoms with Crippen LogP contribution < -0.4 is 5.32 Å². The highest BCUT2D eigenvalue weighted by molar-refractivity contribution is 5.84. The number of nitrogens with zero attached hydrogens (tertiary/aromatic N) is 1. The van der Waals surface area contributed by atoms with Crippen molar-refractivity contribution in [1.82, 2.24) is 0 Å². The third kappa shape index (κ3) is 6.40. The zero-order valence-corrected chi connectivity index (χ0v) is 11.3. The summed E-state index contributed by atoms with van der Waals surface area (Å²) in [5.41, 5.74) is 0.904. The fourth-order valence-electron chi connectivity index (χ4n) is 1.40. The van der Waals surface area contributed by atoms with Gasteiger partial charge in [-0.25, -0.2) is 4.79 Å². The average molecular weight is 266 g/mol. The van der Waals surface area contributed by atoms with Crippen molar-refractivity contribution in [1.29, 1.82) is 0 Å². The Morgan fingerprint density at radius 2 is 1.89 bits per heavy atom. The number of nitrogens with one attached hydrogen (secondary N) is 1. The molecule has 0 aliphatic heterocycles. The summed E-state index contributed by atoms with van der Waals surface area (Å²) in [5.74, 6) is 0. The summed E-state index contributed by atoms with van der Waals surface area (Å²) in [5, 5.41) is 12.8. The monoisotopic (exact) mass is 266 g/mol. The van der Waals surface area contributed by atoms with E-state index >= 15 is 0 Å². The van der Waals surface area contributed by atoms with Gasteiger partial charge in [0.15, 0.2) is 0 Å². The highest BCUT2D eigenvalue weighted by Gasteiger charge is 2.16. The van der Waals surface area contributed by atoms with Gasteiger partial charge >= 0.3 is 6.09 Å². The molecular weight excluding hydrogens is 248 g/mol. The van der Waals surface area contributed by atoms with Gasteiger partial charge < -0.3 is 4.74 Å². The molecule has 1 rings (SSSR count). The summed E-state index contributed by atoms with van der Waals surface area (Å²) in [6.45, 7) is 5.26. The summed E-state index contributed by atoms with van der Waals surface area (Å²) < 4.78 is 5.11. The topological polar surface area (TPSA) is 81.5 Å². The molecule has 1 aromatic rings. The van der Waals surface area contributed by atoms with E-state index in [0.29, 0.717) is 12.1 Å². The zero-order valence-electron chi connectivity index (χ0n) is 11.3. The van der Waals surface area contributed by atoms with Gasteiger partial charge in [0, 0.05) is 17.0 Å². The van der Waals surface area contributed by atoms with E-state index in [0.717, 1.165) is 5.56 Å². The molecule has 0 fully saturated rings. The predicted molar refractivity (Wildman–Crippen MR) is 71.9 cm³/mol. The third-order valence-corrected chi connectivity index (χ3v) is 2.18. The molecule has 0 saturated carbocycles. The minimum Gasteiger partial charge on any atom is -0.444 e. The maximum Gasteiger partial charge on any atom is 0.412 e. The van der Waals surface area contributed by atoms with Crippen molar-refractivity contribution < 1.29 is 14.5 Å². The Balaban J connectivity index is 2.52. The van der Waals surface area contributed by atoms with Gasteiger partial charge in [-0.2, -0.15) is 0 Å². The van der Waals surface area contributed by atoms with Crippen molar-refractivity contribution in [3.63, 3.8) is 0 Å². The van der Waals surface area contributed by atoms with E-state index in [1.807, 2.05) is 0 Å². The van der Waals surface area contributed by atoms with Crippen LogP contribution in [0.1, 0.15) is 26.3 Å². The smallest absolute Gasteiger partial charge is 0.412 e. The van der Waals surface area contributed by atoms with E-state index in [-0.39, 0.29) is 11.5 Å².